The van der Waals surface area contributed by atoms with E-state index in [0.717, 1.165) is 10.9 Å². The minimum atomic E-state index is 0.159. The molecule has 0 saturated heterocycles. The number of aromatic hydroxyl groups is 1. The van der Waals surface area contributed by atoms with Crippen molar-refractivity contribution in [3.8, 4) is 17.2 Å². The molecular weight excluding hydrogens is 242 g/mol. The lowest BCUT2D eigenvalue weighted by atomic mass is 10.1. The van der Waals surface area contributed by atoms with E-state index >= 15 is 0 Å². The van der Waals surface area contributed by atoms with Crippen LogP contribution in [0.2, 0.25) is 0 Å². The molecule has 19 heavy (non-hydrogen) atoms. The second kappa shape index (κ2) is 4.31. The van der Waals surface area contributed by atoms with Crippen LogP contribution in [0.25, 0.3) is 21.8 Å². The lowest BCUT2D eigenvalue weighted by Crippen LogP contribution is -1.90. The lowest BCUT2D eigenvalue weighted by molar-refractivity contribution is 0.409. The van der Waals surface area contributed by atoms with Crippen molar-refractivity contribution < 1.29 is 14.6 Å². The molecule has 3 rings (SSSR count). The highest BCUT2D eigenvalue weighted by molar-refractivity contribution is 5.98. The van der Waals surface area contributed by atoms with Crippen LogP contribution in [0.4, 0.5) is 0 Å². The van der Waals surface area contributed by atoms with E-state index in [1.165, 1.54) is 0 Å². The summed E-state index contributed by atoms with van der Waals surface area (Å²) in [6.45, 7) is 0. The molecule has 2 aromatic carbocycles. The van der Waals surface area contributed by atoms with Crippen molar-refractivity contribution in [2.75, 3.05) is 14.2 Å². The molecular formula is C15H13NO3. The number of methoxy groups -OCH3 is 2. The summed E-state index contributed by atoms with van der Waals surface area (Å²) in [6.07, 6.45) is 0. The van der Waals surface area contributed by atoms with Crippen LogP contribution in [0.1, 0.15) is 0 Å². The summed E-state index contributed by atoms with van der Waals surface area (Å²) >= 11 is 0. The van der Waals surface area contributed by atoms with Gasteiger partial charge in [0.25, 0.3) is 0 Å². The number of benzene rings is 2. The summed E-state index contributed by atoms with van der Waals surface area (Å²) in [4.78, 5) is 4.55. The third-order valence-electron chi connectivity index (χ3n) is 3.13. The van der Waals surface area contributed by atoms with Gasteiger partial charge in [0.1, 0.15) is 22.8 Å². The van der Waals surface area contributed by atoms with E-state index in [-0.39, 0.29) is 5.75 Å². The Labute approximate surface area is 110 Å². The maximum absolute atomic E-state index is 10.0. The van der Waals surface area contributed by atoms with Crippen LogP contribution in [0.5, 0.6) is 17.2 Å². The first kappa shape index (κ1) is 11.6. The molecule has 4 heteroatoms. The third-order valence-corrected chi connectivity index (χ3v) is 3.13. The van der Waals surface area contributed by atoms with E-state index in [4.69, 9.17) is 9.47 Å². The fourth-order valence-corrected chi connectivity index (χ4v) is 2.17. The SMILES string of the molecule is COc1cc(O)c2cc3cccc(OC)c3nc2c1. The van der Waals surface area contributed by atoms with Gasteiger partial charge in [-0.3, -0.25) is 0 Å². The average molecular weight is 255 g/mol. The van der Waals surface area contributed by atoms with Crippen molar-refractivity contribution >= 4 is 21.8 Å². The normalized spacial score (nSPS) is 10.8. The Bertz CT molecular complexity index is 768. The Hall–Kier alpha value is -2.49. The van der Waals surface area contributed by atoms with E-state index in [1.807, 2.05) is 24.3 Å². The first-order chi connectivity index (χ1) is 9.22. The zero-order valence-electron chi connectivity index (χ0n) is 10.7. The van der Waals surface area contributed by atoms with Crippen LogP contribution in [0, 0.1) is 0 Å². The second-order valence-electron chi connectivity index (χ2n) is 4.23. The number of aromatic nitrogens is 1. The summed E-state index contributed by atoms with van der Waals surface area (Å²) in [6, 6.07) is 11.0. The van der Waals surface area contributed by atoms with Crippen molar-refractivity contribution in [2.24, 2.45) is 0 Å². The molecule has 0 atom stereocenters. The average Bonchev–Trinajstić information content (AvgIpc) is 2.44. The minimum Gasteiger partial charge on any atom is -0.507 e. The van der Waals surface area contributed by atoms with Crippen molar-refractivity contribution in [3.05, 3.63) is 36.4 Å². The number of phenols is 1. The molecule has 1 heterocycles. The summed E-state index contributed by atoms with van der Waals surface area (Å²) in [5.74, 6) is 1.44. The second-order valence-corrected chi connectivity index (χ2v) is 4.23. The Morgan fingerprint density at radius 3 is 2.63 bits per heavy atom. The van der Waals surface area contributed by atoms with Gasteiger partial charge in [-0.25, -0.2) is 4.98 Å². The molecule has 0 bridgehead atoms. The highest BCUT2D eigenvalue weighted by Crippen LogP contribution is 2.33. The number of nitrogens with zero attached hydrogens (tertiary/aromatic N) is 1. The molecule has 0 aliphatic carbocycles. The molecule has 3 aromatic rings. The van der Waals surface area contributed by atoms with Gasteiger partial charge in [0.05, 0.1) is 19.7 Å². The largest absolute Gasteiger partial charge is 0.507 e. The minimum absolute atomic E-state index is 0.159. The molecule has 0 spiro atoms. The van der Waals surface area contributed by atoms with Crippen LogP contribution < -0.4 is 9.47 Å². The first-order valence-electron chi connectivity index (χ1n) is 5.87. The Balaban J connectivity index is 2.42. The van der Waals surface area contributed by atoms with E-state index in [9.17, 15) is 5.11 Å². The topological polar surface area (TPSA) is 51.6 Å². The standard InChI is InChI=1S/C15H13NO3/c1-18-10-7-12-11(13(17)8-10)6-9-4-3-5-14(19-2)15(9)16-12/h3-8,17H,1-2H3. The molecule has 0 fully saturated rings. The van der Waals surface area contributed by atoms with Gasteiger partial charge in [0, 0.05) is 22.9 Å². The molecule has 0 aliphatic rings. The summed E-state index contributed by atoms with van der Waals surface area (Å²) in [5.41, 5.74) is 1.44. The van der Waals surface area contributed by atoms with E-state index < -0.39 is 0 Å². The fourth-order valence-electron chi connectivity index (χ4n) is 2.17. The Morgan fingerprint density at radius 1 is 1.05 bits per heavy atom. The zero-order valence-corrected chi connectivity index (χ0v) is 10.7. The number of rotatable bonds is 2. The van der Waals surface area contributed by atoms with Crippen molar-refractivity contribution in [3.63, 3.8) is 0 Å². The zero-order chi connectivity index (χ0) is 13.4. The van der Waals surface area contributed by atoms with Gasteiger partial charge >= 0.3 is 0 Å². The molecule has 4 nitrogen and oxygen atoms in total. The maximum Gasteiger partial charge on any atom is 0.145 e. The number of pyridine rings is 1. The summed E-state index contributed by atoms with van der Waals surface area (Å²) < 4.78 is 10.4. The van der Waals surface area contributed by atoms with Crippen LogP contribution >= 0.6 is 0 Å². The van der Waals surface area contributed by atoms with Gasteiger partial charge in [-0.1, -0.05) is 12.1 Å². The monoisotopic (exact) mass is 255 g/mol. The Kier molecular flexibility index (Phi) is 2.63. The van der Waals surface area contributed by atoms with Crippen molar-refractivity contribution in [2.45, 2.75) is 0 Å². The van der Waals surface area contributed by atoms with Gasteiger partial charge in [0.2, 0.25) is 0 Å². The molecule has 0 aliphatic heterocycles. The van der Waals surface area contributed by atoms with Gasteiger partial charge in [-0.2, -0.15) is 0 Å². The van der Waals surface area contributed by atoms with Gasteiger partial charge in [0.15, 0.2) is 0 Å². The van der Waals surface area contributed by atoms with Crippen molar-refractivity contribution in [1.29, 1.82) is 0 Å². The summed E-state index contributed by atoms with van der Waals surface area (Å²) in [7, 11) is 3.17. The number of fused-ring (bicyclic) bond motifs is 2. The number of para-hydroxylation sites is 1. The van der Waals surface area contributed by atoms with Crippen LogP contribution in [0.3, 0.4) is 0 Å². The molecule has 1 N–H and O–H groups in total. The highest BCUT2D eigenvalue weighted by Gasteiger charge is 2.09. The van der Waals surface area contributed by atoms with Crippen LogP contribution in [-0.2, 0) is 0 Å². The molecule has 0 saturated carbocycles. The van der Waals surface area contributed by atoms with Gasteiger partial charge in [-0.15, -0.1) is 0 Å². The predicted molar refractivity (Wildman–Crippen MR) is 74.0 cm³/mol. The molecule has 0 amide bonds. The number of hydrogen-bond donors (Lipinski definition) is 1. The quantitative estimate of drug-likeness (QED) is 0.715. The van der Waals surface area contributed by atoms with E-state index in [1.54, 1.807) is 26.4 Å². The number of hydrogen-bond acceptors (Lipinski definition) is 4. The van der Waals surface area contributed by atoms with Crippen molar-refractivity contribution in [1.82, 2.24) is 4.98 Å². The first-order valence-corrected chi connectivity index (χ1v) is 5.87. The summed E-state index contributed by atoms with van der Waals surface area (Å²) in [5, 5.41) is 11.6. The third kappa shape index (κ3) is 1.81. The Morgan fingerprint density at radius 2 is 1.89 bits per heavy atom. The lowest BCUT2D eigenvalue weighted by Gasteiger charge is -2.08. The van der Waals surface area contributed by atoms with Crippen LogP contribution in [0.15, 0.2) is 36.4 Å². The molecule has 0 unspecified atom stereocenters. The number of ether oxygens (including phenoxy) is 2. The maximum atomic E-state index is 10.0. The fraction of sp³-hybridized carbons (Fsp3) is 0.133. The van der Waals surface area contributed by atoms with E-state index in [0.29, 0.717) is 22.4 Å². The molecule has 0 radical (unpaired) electrons. The smallest absolute Gasteiger partial charge is 0.145 e. The highest BCUT2D eigenvalue weighted by atomic mass is 16.5. The predicted octanol–water partition coefficient (Wildman–Crippen LogP) is 3.11. The van der Waals surface area contributed by atoms with Gasteiger partial charge in [-0.05, 0) is 12.1 Å². The molecule has 1 aromatic heterocycles. The van der Waals surface area contributed by atoms with Crippen LogP contribution in [-0.4, -0.2) is 24.3 Å². The number of phenolic OH excluding ortho intramolecular Hbond substituents is 1. The van der Waals surface area contributed by atoms with Gasteiger partial charge < -0.3 is 14.6 Å². The molecule has 96 valence electrons. The van der Waals surface area contributed by atoms with E-state index in [2.05, 4.69) is 4.98 Å².